The van der Waals surface area contributed by atoms with Crippen LogP contribution < -0.4 is 5.32 Å². The van der Waals surface area contributed by atoms with Crippen LogP contribution in [0.3, 0.4) is 0 Å². The Morgan fingerprint density at radius 2 is 2.13 bits per heavy atom. The van der Waals surface area contributed by atoms with Gasteiger partial charge in [0.15, 0.2) is 0 Å². The van der Waals surface area contributed by atoms with Gasteiger partial charge < -0.3 is 10.4 Å². The molecule has 0 aromatic carbocycles. The molecule has 1 aliphatic rings. The fraction of sp³-hybridized carbons (Fsp3) is 0.800. The predicted octanol–water partition coefficient (Wildman–Crippen LogP) is -0.0825. The molecule has 0 spiro atoms. The average Bonchev–Trinajstić information content (AvgIpc) is 2.86. The van der Waals surface area contributed by atoms with E-state index in [0.29, 0.717) is 12.6 Å². The molecule has 15 heavy (non-hydrogen) atoms. The highest BCUT2D eigenvalue weighted by Gasteiger charge is 2.24. The van der Waals surface area contributed by atoms with E-state index >= 15 is 0 Å². The molecule has 1 atom stereocenters. The van der Waals surface area contributed by atoms with Crippen molar-refractivity contribution in [3.05, 3.63) is 0 Å². The number of carbonyl (C=O) groups is 2. The minimum Gasteiger partial charge on any atom is -0.481 e. The third-order valence-electron chi connectivity index (χ3n) is 2.36. The monoisotopic (exact) mass is 214 g/mol. The quantitative estimate of drug-likeness (QED) is 0.648. The van der Waals surface area contributed by atoms with E-state index in [1.165, 1.54) is 0 Å². The van der Waals surface area contributed by atoms with Gasteiger partial charge in [0.25, 0.3) is 0 Å². The number of amides is 1. The van der Waals surface area contributed by atoms with E-state index in [-0.39, 0.29) is 12.5 Å². The van der Waals surface area contributed by atoms with E-state index < -0.39 is 11.9 Å². The number of carbonyl (C=O) groups excluding carboxylic acids is 1. The van der Waals surface area contributed by atoms with Crippen LogP contribution in [-0.4, -0.2) is 48.1 Å². The van der Waals surface area contributed by atoms with Crippen LogP contribution in [0.1, 0.15) is 19.8 Å². The minimum absolute atomic E-state index is 0.0161. The first-order chi connectivity index (χ1) is 6.99. The van der Waals surface area contributed by atoms with Crippen molar-refractivity contribution in [3.63, 3.8) is 0 Å². The summed E-state index contributed by atoms with van der Waals surface area (Å²) in [6.07, 6.45) is 2.14. The number of hydrogen-bond donors (Lipinski definition) is 2. The van der Waals surface area contributed by atoms with Crippen LogP contribution in [0, 0.1) is 5.92 Å². The molecule has 1 aliphatic carbocycles. The van der Waals surface area contributed by atoms with E-state index in [9.17, 15) is 9.59 Å². The van der Waals surface area contributed by atoms with Crippen LogP contribution in [0.25, 0.3) is 0 Å². The second-order valence-corrected chi connectivity index (χ2v) is 4.28. The molecule has 2 N–H and O–H groups in total. The van der Waals surface area contributed by atoms with Gasteiger partial charge >= 0.3 is 5.97 Å². The number of likely N-dealkylation sites (N-methyl/N-ethyl adjacent to an activating group) is 1. The standard InChI is InChI=1S/C10H18N2O3/c1-7(10(14)15)5-12(2)6-9(13)11-8-3-4-8/h7-8H,3-6H2,1-2H3,(H,11,13)(H,14,15). The molecule has 86 valence electrons. The molecule has 0 heterocycles. The summed E-state index contributed by atoms with van der Waals surface area (Å²) < 4.78 is 0. The zero-order valence-electron chi connectivity index (χ0n) is 9.19. The lowest BCUT2D eigenvalue weighted by molar-refractivity contribution is -0.142. The van der Waals surface area contributed by atoms with Crippen LogP contribution in [-0.2, 0) is 9.59 Å². The molecule has 1 unspecified atom stereocenters. The summed E-state index contributed by atoms with van der Waals surface area (Å²) in [6.45, 7) is 2.30. The Morgan fingerprint density at radius 1 is 1.53 bits per heavy atom. The van der Waals surface area contributed by atoms with Crippen LogP contribution >= 0.6 is 0 Å². The van der Waals surface area contributed by atoms with E-state index in [1.807, 2.05) is 0 Å². The van der Waals surface area contributed by atoms with Crippen LogP contribution in [0.2, 0.25) is 0 Å². The van der Waals surface area contributed by atoms with Gasteiger partial charge in [-0.3, -0.25) is 14.5 Å². The molecule has 0 aromatic heterocycles. The number of carboxylic acids is 1. The second-order valence-electron chi connectivity index (χ2n) is 4.28. The largest absolute Gasteiger partial charge is 0.481 e. The van der Waals surface area contributed by atoms with Crippen molar-refractivity contribution in [1.29, 1.82) is 0 Å². The van der Waals surface area contributed by atoms with E-state index in [0.717, 1.165) is 12.8 Å². The highest BCUT2D eigenvalue weighted by molar-refractivity contribution is 5.78. The van der Waals surface area contributed by atoms with Gasteiger partial charge in [0.2, 0.25) is 5.91 Å². The zero-order valence-corrected chi connectivity index (χ0v) is 9.19. The van der Waals surface area contributed by atoms with Crippen molar-refractivity contribution in [1.82, 2.24) is 10.2 Å². The van der Waals surface area contributed by atoms with Crippen molar-refractivity contribution >= 4 is 11.9 Å². The van der Waals surface area contributed by atoms with Crippen molar-refractivity contribution in [3.8, 4) is 0 Å². The van der Waals surface area contributed by atoms with Gasteiger partial charge in [0.1, 0.15) is 0 Å². The molecule has 1 rings (SSSR count). The first kappa shape index (κ1) is 12.0. The SMILES string of the molecule is CC(CN(C)CC(=O)NC1CC1)C(=O)O. The van der Waals surface area contributed by atoms with E-state index in [4.69, 9.17) is 5.11 Å². The second kappa shape index (κ2) is 5.11. The first-order valence-electron chi connectivity index (χ1n) is 5.19. The Hall–Kier alpha value is -1.10. The number of aliphatic carboxylic acids is 1. The summed E-state index contributed by atoms with van der Waals surface area (Å²) in [5, 5.41) is 11.6. The molecule has 1 saturated carbocycles. The smallest absolute Gasteiger partial charge is 0.307 e. The maximum atomic E-state index is 11.4. The number of nitrogens with one attached hydrogen (secondary N) is 1. The molecule has 0 aromatic rings. The predicted molar refractivity (Wildman–Crippen MR) is 55.5 cm³/mol. The topological polar surface area (TPSA) is 69.6 Å². The summed E-state index contributed by atoms with van der Waals surface area (Å²) in [7, 11) is 1.76. The lowest BCUT2D eigenvalue weighted by Crippen LogP contribution is -2.38. The number of nitrogens with zero attached hydrogens (tertiary/aromatic N) is 1. The van der Waals surface area contributed by atoms with Gasteiger partial charge in [0, 0.05) is 12.6 Å². The average molecular weight is 214 g/mol. The molecule has 1 amide bonds. The molecular weight excluding hydrogens is 196 g/mol. The normalized spacial score (nSPS) is 17.5. The Bertz CT molecular complexity index is 251. The molecular formula is C10H18N2O3. The van der Waals surface area contributed by atoms with E-state index in [1.54, 1.807) is 18.9 Å². The zero-order chi connectivity index (χ0) is 11.4. The number of hydrogen-bond acceptors (Lipinski definition) is 3. The van der Waals surface area contributed by atoms with Crippen LogP contribution in [0.15, 0.2) is 0 Å². The van der Waals surface area contributed by atoms with E-state index in [2.05, 4.69) is 5.32 Å². The van der Waals surface area contributed by atoms with Gasteiger partial charge in [-0.25, -0.2) is 0 Å². The van der Waals surface area contributed by atoms with Crippen molar-refractivity contribution < 1.29 is 14.7 Å². The Balaban J connectivity index is 2.18. The van der Waals surface area contributed by atoms with Crippen LogP contribution in [0.4, 0.5) is 0 Å². The first-order valence-corrected chi connectivity index (χ1v) is 5.19. The summed E-state index contributed by atoms with van der Waals surface area (Å²) in [4.78, 5) is 23.7. The molecule has 5 nitrogen and oxygen atoms in total. The van der Waals surface area contributed by atoms with Gasteiger partial charge in [-0.15, -0.1) is 0 Å². The third-order valence-corrected chi connectivity index (χ3v) is 2.36. The molecule has 1 fully saturated rings. The fourth-order valence-corrected chi connectivity index (χ4v) is 1.36. The number of carboxylic acid groups (broad SMARTS) is 1. The third kappa shape index (κ3) is 4.78. The highest BCUT2D eigenvalue weighted by Crippen LogP contribution is 2.18. The number of rotatable bonds is 6. The molecule has 0 saturated heterocycles. The van der Waals surface area contributed by atoms with Crippen LogP contribution in [0.5, 0.6) is 0 Å². The van der Waals surface area contributed by atoms with Gasteiger partial charge in [0.05, 0.1) is 12.5 Å². The van der Waals surface area contributed by atoms with Gasteiger partial charge in [-0.2, -0.15) is 0 Å². The molecule has 0 bridgehead atoms. The summed E-state index contributed by atoms with van der Waals surface area (Å²) >= 11 is 0. The lowest BCUT2D eigenvalue weighted by atomic mass is 10.2. The maximum Gasteiger partial charge on any atom is 0.307 e. The highest BCUT2D eigenvalue weighted by atomic mass is 16.4. The molecule has 0 radical (unpaired) electrons. The maximum absolute atomic E-state index is 11.4. The Kier molecular flexibility index (Phi) is 4.08. The minimum atomic E-state index is -0.829. The Labute approximate surface area is 89.4 Å². The summed E-state index contributed by atoms with van der Waals surface area (Å²) in [5.41, 5.74) is 0. The molecule has 0 aliphatic heterocycles. The lowest BCUT2D eigenvalue weighted by Gasteiger charge is -2.18. The van der Waals surface area contributed by atoms with Crippen molar-refractivity contribution in [2.75, 3.05) is 20.1 Å². The van der Waals surface area contributed by atoms with Crippen molar-refractivity contribution in [2.24, 2.45) is 5.92 Å². The van der Waals surface area contributed by atoms with Gasteiger partial charge in [-0.05, 0) is 19.9 Å². The van der Waals surface area contributed by atoms with Gasteiger partial charge in [-0.1, -0.05) is 6.92 Å². The summed E-state index contributed by atoms with van der Waals surface area (Å²) in [5.74, 6) is -1.29. The Morgan fingerprint density at radius 3 is 2.60 bits per heavy atom. The fourth-order valence-electron chi connectivity index (χ4n) is 1.36. The molecule has 5 heteroatoms. The summed E-state index contributed by atoms with van der Waals surface area (Å²) in [6, 6.07) is 0.364. The van der Waals surface area contributed by atoms with Crippen molar-refractivity contribution in [2.45, 2.75) is 25.8 Å².